The lowest BCUT2D eigenvalue weighted by Gasteiger charge is -2.27. The first-order valence-corrected chi connectivity index (χ1v) is 6.70. The quantitative estimate of drug-likeness (QED) is 0.256. The van der Waals surface area contributed by atoms with E-state index in [0.717, 1.165) is 0 Å². The summed E-state index contributed by atoms with van der Waals surface area (Å²) < 4.78 is 18.6. The molecule has 20 heavy (non-hydrogen) atoms. The first-order valence-electron chi connectivity index (χ1n) is 6.70. The zero-order valence-electron chi connectivity index (χ0n) is 11.9. The first-order chi connectivity index (χ1) is 9.54. The Morgan fingerprint density at radius 2 is 2.30 bits per heavy atom. The second-order valence-corrected chi connectivity index (χ2v) is 4.68. The Bertz CT molecular complexity index is 446. The molecule has 1 fully saturated rings. The summed E-state index contributed by atoms with van der Waals surface area (Å²) in [6, 6.07) is 0. The minimum absolute atomic E-state index is 0.144. The summed E-state index contributed by atoms with van der Waals surface area (Å²) in [5.41, 5.74) is 0.358. The third-order valence-electron chi connectivity index (χ3n) is 3.42. The molecular formula is C15H20FNO3. The van der Waals surface area contributed by atoms with Gasteiger partial charge in [0.05, 0.1) is 7.11 Å². The average molecular weight is 281 g/mol. The van der Waals surface area contributed by atoms with Crippen molar-refractivity contribution >= 4 is 18.0 Å². The van der Waals surface area contributed by atoms with Gasteiger partial charge in [-0.25, -0.2) is 4.99 Å². The Balaban J connectivity index is 2.95. The van der Waals surface area contributed by atoms with Gasteiger partial charge < -0.3 is 4.74 Å². The topological polar surface area (TPSA) is 55.7 Å². The van der Waals surface area contributed by atoms with Gasteiger partial charge in [-0.1, -0.05) is 19.6 Å². The molecule has 110 valence electrons. The van der Waals surface area contributed by atoms with Gasteiger partial charge in [-0.15, -0.1) is 0 Å². The van der Waals surface area contributed by atoms with Crippen LogP contribution in [0.3, 0.4) is 0 Å². The van der Waals surface area contributed by atoms with E-state index in [9.17, 15) is 14.0 Å². The smallest absolute Gasteiger partial charge is 0.316 e. The lowest BCUT2D eigenvalue weighted by molar-refractivity contribution is -0.151. The third-order valence-corrected chi connectivity index (χ3v) is 3.42. The summed E-state index contributed by atoms with van der Waals surface area (Å²) in [6.45, 7) is 5.46. The van der Waals surface area contributed by atoms with Crippen LogP contribution in [0.5, 0.6) is 0 Å². The number of allylic oxidation sites excluding steroid dienone is 2. The Hall–Kier alpha value is -1.78. The molecule has 2 atom stereocenters. The summed E-state index contributed by atoms with van der Waals surface area (Å²) in [6.07, 6.45) is 4.52. The number of methoxy groups -OCH3 is 1. The van der Waals surface area contributed by atoms with E-state index >= 15 is 0 Å². The van der Waals surface area contributed by atoms with Crippen molar-refractivity contribution in [3.05, 3.63) is 24.2 Å². The van der Waals surface area contributed by atoms with Crippen LogP contribution >= 0.6 is 0 Å². The molecule has 1 aliphatic carbocycles. The highest BCUT2D eigenvalue weighted by molar-refractivity contribution is 5.99. The van der Waals surface area contributed by atoms with Crippen molar-refractivity contribution < 1.29 is 18.7 Å². The maximum atomic E-state index is 14.0. The number of carbonyl (C=O) groups is 2. The van der Waals surface area contributed by atoms with E-state index in [-0.39, 0.29) is 24.5 Å². The molecule has 0 aromatic rings. The molecule has 1 saturated carbocycles. The highest BCUT2D eigenvalue weighted by Gasteiger charge is 2.36. The van der Waals surface area contributed by atoms with Crippen molar-refractivity contribution in [3.8, 4) is 0 Å². The van der Waals surface area contributed by atoms with Gasteiger partial charge in [0.2, 0.25) is 5.95 Å². The molecule has 0 heterocycles. The zero-order chi connectivity index (χ0) is 15.1. The Morgan fingerprint density at radius 1 is 1.60 bits per heavy atom. The van der Waals surface area contributed by atoms with E-state index in [1.165, 1.54) is 19.4 Å². The van der Waals surface area contributed by atoms with Crippen molar-refractivity contribution in [2.45, 2.75) is 32.6 Å². The van der Waals surface area contributed by atoms with E-state index in [4.69, 9.17) is 0 Å². The van der Waals surface area contributed by atoms with E-state index in [1.54, 1.807) is 0 Å². The maximum absolute atomic E-state index is 14.0. The predicted molar refractivity (Wildman–Crippen MR) is 75.0 cm³/mol. The standard InChI is InChI=1S/C15H20FNO3/c1-4-8-17-14(16)11(5-2)10-6-7-13(18)12(9-10)15(19)20-3/h5,8,10,12H,2,4,6-7,9H2,1,3H3/b14-11+,17-8-. The van der Waals surface area contributed by atoms with Gasteiger partial charge in [-0.05, 0) is 25.2 Å². The third kappa shape index (κ3) is 3.85. The highest BCUT2D eigenvalue weighted by atomic mass is 19.1. The minimum Gasteiger partial charge on any atom is -0.468 e. The molecule has 1 rings (SSSR count). The number of hydrogen-bond acceptors (Lipinski definition) is 4. The summed E-state index contributed by atoms with van der Waals surface area (Å²) >= 11 is 0. The number of hydrogen-bond donors (Lipinski definition) is 0. The van der Waals surface area contributed by atoms with Crippen molar-refractivity contribution in [3.63, 3.8) is 0 Å². The number of nitrogens with zero attached hydrogens (tertiary/aromatic N) is 1. The fourth-order valence-electron chi connectivity index (χ4n) is 2.34. The molecule has 0 spiro atoms. The number of esters is 1. The molecular weight excluding hydrogens is 261 g/mol. The zero-order valence-corrected chi connectivity index (χ0v) is 11.9. The van der Waals surface area contributed by atoms with Crippen molar-refractivity contribution in [1.29, 1.82) is 0 Å². The maximum Gasteiger partial charge on any atom is 0.316 e. The first kappa shape index (κ1) is 16.3. The van der Waals surface area contributed by atoms with Crippen molar-refractivity contribution in [2.75, 3.05) is 7.11 Å². The lowest BCUT2D eigenvalue weighted by Crippen LogP contribution is -2.32. The number of halogens is 1. The second kappa shape index (κ2) is 7.72. The molecule has 0 aromatic heterocycles. The number of Topliss-reactive ketones (excluding diaryl/α,β-unsaturated/α-hetero) is 1. The number of ketones is 1. The molecule has 0 amide bonds. The fourth-order valence-corrected chi connectivity index (χ4v) is 2.34. The van der Waals surface area contributed by atoms with Crippen molar-refractivity contribution in [2.24, 2.45) is 16.8 Å². The van der Waals surface area contributed by atoms with Gasteiger partial charge in [0.15, 0.2) is 0 Å². The van der Waals surface area contributed by atoms with Gasteiger partial charge in [0.25, 0.3) is 0 Å². The van der Waals surface area contributed by atoms with Crippen LogP contribution in [0, 0.1) is 11.8 Å². The van der Waals surface area contributed by atoms with Crippen LogP contribution in [0.2, 0.25) is 0 Å². The molecule has 0 saturated heterocycles. The molecule has 0 N–H and O–H groups in total. The summed E-state index contributed by atoms with van der Waals surface area (Å²) in [4.78, 5) is 27.0. The number of carbonyl (C=O) groups excluding carboxylic acids is 2. The predicted octanol–water partition coefficient (Wildman–Crippen LogP) is 2.99. The van der Waals surface area contributed by atoms with Crippen molar-refractivity contribution in [1.82, 2.24) is 0 Å². The molecule has 1 aliphatic rings. The molecule has 0 bridgehead atoms. The average Bonchev–Trinajstić information content (AvgIpc) is 2.46. The van der Waals surface area contributed by atoms with Crippen LogP contribution in [-0.4, -0.2) is 25.1 Å². The molecule has 5 heteroatoms. The lowest BCUT2D eigenvalue weighted by atomic mass is 9.77. The summed E-state index contributed by atoms with van der Waals surface area (Å²) in [7, 11) is 1.25. The monoisotopic (exact) mass is 281 g/mol. The van der Waals surface area contributed by atoms with E-state index in [2.05, 4.69) is 16.3 Å². The van der Waals surface area contributed by atoms with Gasteiger partial charge >= 0.3 is 5.97 Å². The summed E-state index contributed by atoms with van der Waals surface area (Å²) in [5.74, 6) is -2.33. The Labute approximate surface area is 118 Å². The van der Waals surface area contributed by atoms with Crippen LogP contribution in [0.1, 0.15) is 32.6 Å². The largest absolute Gasteiger partial charge is 0.468 e. The minimum atomic E-state index is -0.809. The Morgan fingerprint density at radius 3 is 2.85 bits per heavy atom. The number of ether oxygens (including phenoxy) is 1. The van der Waals surface area contributed by atoms with E-state index in [0.29, 0.717) is 18.4 Å². The fraction of sp³-hybridized carbons (Fsp3) is 0.533. The molecule has 0 aromatic carbocycles. The number of rotatable bonds is 5. The van der Waals surface area contributed by atoms with Gasteiger partial charge in [-0.3, -0.25) is 9.59 Å². The van der Waals surface area contributed by atoms with Gasteiger partial charge in [0, 0.05) is 18.2 Å². The van der Waals surface area contributed by atoms with Gasteiger partial charge in [-0.2, -0.15) is 4.39 Å². The van der Waals surface area contributed by atoms with Crippen LogP contribution in [-0.2, 0) is 14.3 Å². The van der Waals surface area contributed by atoms with Crippen LogP contribution in [0.4, 0.5) is 4.39 Å². The summed E-state index contributed by atoms with van der Waals surface area (Å²) in [5, 5.41) is 0. The van der Waals surface area contributed by atoms with Crippen LogP contribution in [0.15, 0.2) is 29.2 Å². The van der Waals surface area contributed by atoms with E-state index < -0.39 is 17.8 Å². The van der Waals surface area contributed by atoms with Gasteiger partial charge in [0.1, 0.15) is 11.7 Å². The highest BCUT2D eigenvalue weighted by Crippen LogP contribution is 2.34. The molecule has 2 unspecified atom stereocenters. The van der Waals surface area contributed by atoms with Crippen LogP contribution < -0.4 is 0 Å². The number of aliphatic imine (C=N–C) groups is 1. The molecule has 4 nitrogen and oxygen atoms in total. The van der Waals surface area contributed by atoms with E-state index in [1.807, 2.05) is 6.92 Å². The Kier molecular flexibility index (Phi) is 6.28. The SMILES string of the molecule is C=C/C(=C(F)\N=C/CC)C1CCC(=O)C(C(=O)OC)C1. The van der Waals surface area contributed by atoms with Crippen LogP contribution in [0.25, 0.3) is 0 Å². The molecule has 0 radical (unpaired) electrons. The normalized spacial score (nSPS) is 24.4. The molecule has 0 aliphatic heterocycles. The second-order valence-electron chi connectivity index (χ2n) is 4.68.